The monoisotopic (exact) mass is 228 g/mol. The molecule has 0 aromatic heterocycles. The molecule has 15 heavy (non-hydrogen) atoms. The molecule has 0 amide bonds. The van der Waals surface area contributed by atoms with Crippen molar-refractivity contribution in [2.45, 2.75) is 32.8 Å². The van der Waals surface area contributed by atoms with Gasteiger partial charge in [-0.15, -0.1) is 0 Å². The van der Waals surface area contributed by atoms with Crippen LogP contribution in [0.3, 0.4) is 0 Å². The van der Waals surface area contributed by atoms with Crippen LogP contribution in [-0.4, -0.2) is 24.2 Å². The molecule has 3 N–H and O–H groups in total. The van der Waals surface area contributed by atoms with E-state index in [9.17, 15) is 0 Å². The third-order valence-corrected chi connectivity index (χ3v) is 2.50. The van der Waals surface area contributed by atoms with Crippen molar-refractivity contribution in [1.29, 1.82) is 0 Å². The molecule has 2 aliphatic rings. The maximum Gasteiger partial charge on any atom is 0.0999 e. The van der Waals surface area contributed by atoms with E-state index in [1.54, 1.807) is 0 Å². The SMILES string of the molecule is CC.NC(=S)/C=C1\NCCOC1C1CC1. The third kappa shape index (κ3) is 3.80. The number of thiocarbonyl (C=S) groups is 1. The summed E-state index contributed by atoms with van der Waals surface area (Å²) in [6, 6.07) is 0. The molecule has 0 aromatic carbocycles. The first-order valence-corrected chi connectivity index (χ1v) is 6.04. The van der Waals surface area contributed by atoms with Crippen LogP contribution in [-0.2, 0) is 4.74 Å². The Morgan fingerprint density at radius 3 is 2.73 bits per heavy atom. The van der Waals surface area contributed by atoms with Crippen molar-refractivity contribution in [3.05, 3.63) is 11.8 Å². The minimum Gasteiger partial charge on any atom is -0.390 e. The van der Waals surface area contributed by atoms with Gasteiger partial charge in [-0.3, -0.25) is 0 Å². The minimum absolute atomic E-state index is 0.218. The number of ether oxygens (including phenoxy) is 1. The topological polar surface area (TPSA) is 47.3 Å². The molecule has 86 valence electrons. The molecule has 1 unspecified atom stereocenters. The zero-order valence-corrected chi connectivity index (χ0v) is 10.3. The van der Waals surface area contributed by atoms with Gasteiger partial charge in [-0.25, -0.2) is 0 Å². The van der Waals surface area contributed by atoms with Crippen LogP contribution < -0.4 is 11.1 Å². The highest BCUT2D eigenvalue weighted by molar-refractivity contribution is 7.80. The largest absolute Gasteiger partial charge is 0.390 e. The van der Waals surface area contributed by atoms with Crippen molar-refractivity contribution < 1.29 is 4.74 Å². The first-order chi connectivity index (χ1) is 7.27. The smallest absolute Gasteiger partial charge is 0.0999 e. The Hall–Kier alpha value is -0.610. The van der Waals surface area contributed by atoms with Gasteiger partial charge >= 0.3 is 0 Å². The molecule has 1 saturated heterocycles. The van der Waals surface area contributed by atoms with E-state index in [4.69, 9.17) is 22.7 Å². The summed E-state index contributed by atoms with van der Waals surface area (Å²) >= 11 is 4.84. The molecule has 1 aliphatic carbocycles. The van der Waals surface area contributed by atoms with Crippen LogP contribution in [0.15, 0.2) is 11.8 Å². The van der Waals surface area contributed by atoms with Crippen LogP contribution in [0.4, 0.5) is 0 Å². The summed E-state index contributed by atoms with van der Waals surface area (Å²) < 4.78 is 5.67. The highest BCUT2D eigenvalue weighted by Crippen LogP contribution is 2.37. The van der Waals surface area contributed by atoms with Crippen molar-refractivity contribution in [1.82, 2.24) is 5.32 Å². The van der Waals surface area contributed by atoms with Gasteiger partial charge in [-0.2, -0.15) is 0 Å². The number of rotatable bonds is 2. The zero-order chi connectivity index (χ0) is 11.3. The average molecular weight is 228 g/mol. The number of morpholine rings is 1. The molecule has 1 saturated carbocycles. The fraction of sp³-hybridized carbons (Fsp3) is 0.727. The van der Waals surface area contributed by atoms with Crippen molar-refractivity contribution in [3.63, 3.8) is 0 Å². The quantitative estimate of drug-likeness (QED) is 0.556. The van der Waals surface area contributed by atoms with Crippen molar-refractivity contribution in [3.8, 4) is 0 Å². The number of hydrogen-bond donors (Lipinski definition) is 2. The van der Waals surface area contributed by atoms with E-state index in [1.165, 1.54) is 12.8 Å². The lowest BCUT2D eigenvalue weighted by molar-refractivity contribution is 0.0401. The van der Waals surface area contributed by atoms with Gasteiger partial charge in [0.15, 0.2) is 0 Å². The van der Waals surface area contributed by atoms with E-state index in [0.29, 0.717) is 10.9 Å². The van der Waals surface area contributed by atoms with E-state index >= 15 is 0 Å². The van der Waals surface area contributed by atoms with Crippen molar-refractivity contribution in [2.75, 3.05) is 13.2 Å². The van der Waals surface area contributed by atoms with Gasteiger partial charge in [0.25, 0.3) is 0 Å². The molecule has 0 aromatic rings. The van der Waals surface area contributed by atoms with Gasteiger partial charge in [-0.05, 0) is 24.8 Å². The summed E-state index contributed by atoms with van der Waals surface area (Å²) in [5, 5.41) is 3.29. The van der Waals surface area contributed by atoms with E-state index in [1.807, 2.05) is 19.9 Å². The molecule has 4 heteroatoms. The molecular formula is C11H20N2OS. The molecule has 1 atom stereocenters. The fourth-order valence-electron chi connectivity index (χ4n) is 1.65. The van der Waals surface area contributed by atoms with Gasteiger partial charge in [0.05, 0.1) is 17.7 Å². The molecule has 0 bridgehead atoms. The first kappa shape index (κ1) is 12.5. The number of hydrogen-bond acceptors (Lipinski definition) is 3. The molecule has 1 heterocycles. The number of nitrogens with two attached hydrogens (primary N) is 1. The third-order valence-electron chi connectivity index (χ3n) is 2.38. The molecule has 1 aliphatic heterocycles. The molecule has 2 fully saturated rings. The van der Waals surface area contributed by atoms with Gasteiger partial charge in [-0.1, -0.05) is 26.1 Å². The van der Waals surface area contributed by atoms with E-state index in [2.05, 4.69) is 5.32 Å². The maximum absolute atomic E-state index is 5.67. The Bertz CT molecular complexity index is 249. The summed E-state index contributed by atoms with van der Waals surface area (Å²) in [5.74, 6) is 0.688. The Morgan fingerprint density at radius 1 is 1.53 bits per heavy atom. The standard InChI is InChI=1S/C9H14N2OS.C2H6/c10-8(13)5-7-9(6-1-2-6)12-4-3-11-7;1-2/h5-6,9,11H,1-4H2,(H2,10,13);1-2H3/b7-5-;. The second kappa shape index (κ2) is 6.08. The summed E-state index contributed by atoms with van der Waals surface area (Å²) in [4.78, 5) is 0.429. The summed E-state index contributed by atoms with van der Waals surface area (Å²) in [6.45, 7) is 5.65. The van der Waals surface area contributed by atoms with Crippen LogP contribution in [0.2, 0.25) is 0 Å². The fourth-order valence-corrected chi connectivity index (χ4v) is 1.77. The molecule has 2 rings (SSSR count). The van der Waals surface area contributed by atoms with Crippen LogP contribution in [0, 0.1) is 5.92 Å². The minimum atomic E-state index is 0.218. The van der Waals surface area contributed by atoms with Gasteiger partial charge in [0.2, 0.25) is 0 Å². The molecule has 0 spiro atoms. The summed E-state index contributed by atoms with van der Waals surface area (Å²) in [6.07, 6.45) is 4.56. The number of nitrogens with one attached hydrogen (secondary N) is 1. The van der Waals surface area contributed by atoms with Crippen LogP contribution in [0.1, 0.15) is 26.7 Å². The van der Waals surface area contributed by atoms with Gasteiger partial charge in [0.1, 0.15) is 0 Å². The van der Waals surface area contributed by atoms with Crippen LogP contribution >= 0.6 is 12.2 Å². The lowest BCUT2D eigenvalue weighted by atomic mass is 10.1. The lowest BCUT2D eigenvalue weighted by Crippen LogP contribution is -2.38. The maximum atomic E-state index is 5.67. The lowest BCUT2D eigenvalue weighted by Gasteiger charge is -2.27. The predicted octanol–water partition coefficient (Wildman–Crippen LogP) is 1.58. The van der Waals surface area contributed by atoms with Crippen molar-refractivity contribution in [2.24, 2.45) is 11.7 Å². The van der Waals surface area contributed by atoms with E-state index in [-0.39, 0.29) is 6.10 Å². The molecule has 3 nitrogen and oxygen atoms in total. The zero-order valence-electron chi connectivity index (χ0n) is 9.45. The normalized spacial score (nSPS) is 27.6. The Balaban J connectivity index is 0.000000531. The molecule has 0 radical (unpaired) electrons. The first-order valence-electron chi connectivity index (χ1n) is 5.64. The van der Waals surface area contributed by atoms with E-state index in [0.717, 1.165) is 18.8 Å². The van der Waals surface area contributed by atoms with Crippen LogP contribution in [0.5, 0.6) is 0 Å². The average Bonchev–Trinajstić information content (AvgIpc) is 3.04. The summed E-state index contributed by atoms with van der Waals surface area (Å²) in [5.41, 5.74) is 6.54. The second-order valence-corrected chi connectivity index (χ2v) is 4.03. The highest BCUT2D eigenvalue weighted by atomic mass is 32.1. The Morgan fingerprint density at radius 2 is 2.20 bits per heavy atom. The van der Waals surface area contributed by atoms with Crippen molar-refractivity contribution >= 4 is 17.2 Å². The Kier molecular flexibility index (Phi) is 5.05. The second-order valence-electron chi connectivity index (χ2n) is 3.56. The Labute approximate surface area is 97.1 Å². The van der Waals surface area contributed by atoms with E-state index < -0.39 is 0 Å². The summed E-state index contributed by atoms with van der Waals surface area (Å²) in [7, 11) is 0. The van der Waals surface area contributed by atoms with Crippen LogP contribution in [0.25, 0.3) is 0 Å². The molecular weight excluding hydrogens is 208 g/mol. The predicted molar refractivity (Wildman–Crippen MR) is 66.7 cm³/mol. The van der Waals surface area contributed by atoms with Gasteiger partial charge in [0, 0.05) is 12.2 Å². The highest BCUT2D eigenvalue weighted by Gasteiger charge is 2.35. The van der Waals surface area contributed by atoms with Gasteiger partial charge < -0.3 is 15.8 Å².